The number of amides is 3. The van der Waals surface area contributed by atoms with Gasteiger partial charge < -0.3 is 20.7 Å². The number of nitrogens with one attached hydrogen (secondary N) is 3. The average molecular weight is 644 g/mol. The van der Waals surface area contributed by atoms with Crippen LogP contribution < -0.4 is 16.0 Å². The average Bonchev–Trinajstić information content (AvgIpc) is 3.06. The number of benzene rings is 1. The molecule has 3 N–H and O–H groups in total. The van der Waals surface area contributed by atoms with Crippen LogP contribution >= 0.6 is 0 Å². The van der Waals surface area contributed by atoms with Crippen molar-refractivity contribution in [2.45, 2.75) is 181 Å². The molecule has 1 atom stereocenters. The van der Waals surface area contributed by atoms with Crippen molar-refractivity contribution in [2.75, 3.05) is 13.1 Å². The Hall–Kier alpha value is -2.57. The molecule has 7 heteroatoms. The van der Waals surface area contributed by atoms with Crippen molar-refractivity contribution in [3.05, 3.63) is 35.9 Å². The fraction of sp³-hybridized carbons (Fsp3) is 0.769. The second-order valence-electron chi connectivity index (χ2n) is 13.0. The highest BCUT2D eigenvalue weighted by molar-refractivity contribution is 5.83. The van der Waals surface area contributed by atoms with Crippen molar-refractivity contribution in [1.82, 2.24) is 16.0 Å². The van der Waals surface area contributed by atoms with E-state index in [1.165, 1.54) is 103 Å². The van der Waals surface area contributed by atoms with Gasteiger partial charge in [-0.25, -0.2) is 9.59 Å². The van der Waals surface area contributed by atoms with E-state index in [1.54, 1.807) is 0 Å². The maximum absolute atomic E-state index is 12.9. The molecular formula is C39H69N3O4. The van der Waals surface area contributed by atoms with Gasteiger partial charge in [-0.05, 0) is 37.7 Å². The van der Waals surface area contributed by atoms with Gasteiger partial charge in [-0.3, -0.25) is 4.79 Å². The maximum atomic E-state index is 12.9. The van der Waals surface area contributed by atoms with E-state index < -0.39 is 12.0 Å². The van der Waals surface area contributed by atoms with E-state index >= 15 is 0 Å². The van der Waals surface area contributed by atoms with Gasteiger partial charge in [0.15, 0.2) is 0 Å². The molecule has 1 aromatic rings. The summed E-state index contributed by atoms with van der Waals surface area (Å²) in [5, 5.41) is 8.76. The van der Waals surface area contributed by atoms with Crippen molar-refractivity contribution in [3.8, 4) is 0 Å². The van der Waals surface area contributed by atoms with Crippen LogP contribution in [0.25, 0.3) is 0 Å². The van der Waals surface area contributed by atoms with Crippen LogP contribution in [0.5, 0.6) is 0 Å². The summed E-state index contributed by atoms with van der Waals surface area (Å²) in [6.07, 6.45) is 27.5. The van der Waals surface area contributed by atoms with Crippen LogP contribution in [0.15, 0.2) is 30.3 Å². The third-order valence-electron chi connectivity index (χ3n) is 8.63. The highest BCUT2D eigenvalue weighted by atomic mass is 16.5. The van der Waals surface area contributed by atoms with Crippen molar-refractivity contribution in [2.24, 2.45) is 0 Å². The van der Waals surface area contributed by atoms with Gasteiger partial charge in [-0.2, -0.15) is 0 Å². The number of hydrogen-bond acceptors (Lipinski definition) is 4. The van der Waals surface area contributed by atoms with Crippen molar-refractivity contribution in [3.63, 3.8) is 0 Å². The Balaban J connectivity index is 2.25. The Bertz CT molecular complexity index is 864. The second-order valence-corrected chi connectivity index (χ2v) is 13.0. The lowest BCUT2D eigenvalue weighted by Crippen LogP contribution is -2.46. The van der Waals surface area contributed by atoms with Crippen LogP contribution in [0.3, 0.4) is 0 Å². The summed E-state index contributed by atoms with van der Waals surface area (Å²) in [4.78, 5) is 37.8. The number of ether oxygens (including phenoxy) is 1. The van der Waals surface area contributed by atoms with E-state index in [-0.39, 0.29) is 18.5 Å². The molecule has 0 aliphatic carbocycles. The highest BCUT2D eigenvalue weighted by Gasteiger charge is 2.22. The lowest BCUT2D eigenvalue weighted by molar-refractivity contribution is -0.147. The van der Waals surface area contributed by atoms with E-state index in [0.717, 1.165) is 37.7 Å². The van der Waals surface area contributed by atoms with E-state index in [2.05, 4.69) is 29.8 Å². The van der Waals surface area contributed by atoms with Crippen LogP contribution in [0.1, 0.15) is 174 Å². The topological polar surface area (TPSA) is 96.5 Å². The number of carbonyl (C=O) groups excluding carboxylic acids is 3. The monoisotopic (exact) mass is 644 g/mol. The molecule has 46 heavy (non-hydrogen) atoms. The maximum Gasteiger partial charge on any atom is 0.329 e. The standard InChI is InChI=1S/C39H69N3O4/c1-3-5-7-9-11-13-15-17-19-24-31-37(43)40-32-27-25-30-36(38(44)46-34-35-28-22-21-23-29-35)42-39(45)41-33-26-20-18-16-14-12-10-8-6-4-2/h21-23,28-29,36H,3-20,24-27,30-34H2,1-2H3,(H,40,43)(H2,41,42,45)/t36-/m0/s1. The van der Waals surface area contributed by atoms with Gasteiger partial charge in [0.2, 0.25) is 5.91 Å². The first-order valence-electron chi connectivity index (χ1n) is 19.1. The first-order chi connectivity index (χ1) is 22.6. The molecule has 0 saturated carbocycles. The molecule has 3 amide bonds. The second kappa shape index (κ2) is 31.1. The summed E-state index contributed by atoms with van der Waals surface area (Å²) < 4.78 is 5.55. The van der Waals surface area contributed by atoms with Crippen LogP contribution in [0.2, 0.25) is 0 Å². The fourth-order valence-electron chi connectivity index (χ4n) is 5.66. The number of urea groups is 1. The predicted molar refractivity (Wildman–Crippen MR) is 192 cm³/mol. The molecule has 0 spiro atoms. The third kappa shape index (κ3) is 25.6. The Morgan fingerprint density at radius 3 is 1.63 bits per heavy atom. The Morgan fingerprint density at radius 1 is 0.587 bits per heavy atom. The summed E-state index contributed by atoms with van der Waals surface area (Å²) in [5.74, 6) is -0.328. The van der Waals surface area contributed by atoms with E-state index in [9.17, 15) is 14.4 Å². The summed E-state index contributed by atoms with van der Waals surface area (Å²) in [7, 11) is 0. The molecule has 0 saturated heterocycles. The van der Waals surface area contributed by atoms with Gasteiger partial charge in [0.05, 0.1) is 0 Å². The smallest absolute Gasteiger partial charge is 0.329 e. The van der Waals surface area contributed by atoms with Gasteiger partial charge in [0.25, 0.3) is 0 Å². The molecule has 0 heterocycles. The summed E-state index contributed by atoms with van der Waals surface area (Å²) in [6, 6.07) is 8.50. The Kier molecular flexibility index (Phi) is 28.0. The molecule has 0 radical (unpaired) electrons. The zero-order chi connectivity index (χ0) is 33.3. The van der Waals surface area contributed by atoms with Gasteiger partial charge in [-0.1, -0.05) is 160 Å². The lowest BCUT2D eigenvalue weighted by atomic mass is 10.1. The minimum absolute atomic E-state index is 0.0999. The zero-order valence-electron chi connectivity index (χ0n) is 29.7. The highest BCUT2D eigenvalue weighted by Crippen LogP contribution is 2.12. The first kappa shape index (κ1) is 41.5. The van der Waals surface area contributed by atoms with Gasteiger partial charge in [0.1, 0.15) is 12.6 Å². The number of hydrogen-bond donors (Lipinski definition) is 3. The molecule has 7 nitrogen and oxygen atoms in total. The minimum Gasteiger partial charge on any atom is -0.459 e. The summed E-state index contributed by atoms with van der Waals surface area (Å²) in [5.41, 5.74) is 0.908. The zero-order valence-corrected chi connectivity index (χ0v) is 29.7. The van der Waals surface area contributed by atoms with E-state index in [4.69, 9.17) is 4.74 Å². The molecule has 1 aromatic carbocycles. The van der Waals surface area contributed by atoms with E-state index in [1.807, 2.05) is 30.3 Å². The summed E-state index contributed by atoms with van der Waals surface area (Å²) >= 11 is 0. The SMILES string of the molecule is CCCCCCCCCCCCNC(=O)N[C@@H](CCCCNC(=O)CCCCCCCCCCCC)C(=O)OCc1ccccc1. The predicted octanol–water partition coefficient (Wildman–Crippen LogP) is 9.92. The number of esters is 1. The first-order valence-corrected chi connectivity index (χ1v) is 19.1. The van der Waals surface area contributed by atoms with Crippen LogP contribution in [0.4, 0.5) is 4.79 Å². The van der Waals surface area contributed by atoms with Gasteiger partial charge in [0, 0.05) is 19.5 Å². The molecule has 0 unspecified atom stereocenters. The van der Waals surface area contributed by atoms with Crippen LogP contribution in [-0.4, -0.2) is 37.0 Å². The molecule has 0 fully saturated rings. The molecule has 1 rings (SSSR count). The van der Waals surface area contributed by atoms with Crippen LogP contribution in [-0.2, 0) is 20.9 Å². The Morgan fingerprint density at radius 2 is 1.07 bits per heavy atom. The van der Waals surface area contributed by atoms with Crippen molar-refractivity contribution < 1.29 is 19.1 Å². The summed E-state index contributed by atoms with van der Waals surface area (Å²) in [6.45, 7) is 5.84. The number of unbranched alkanes of at least 4 members (excludes halogenated alkanes) is 19. The quantitative estimate of drug-likeness (QED) is 0.0554. The third-order valence-corrected chi connectivity index (χ3v) is 8.63. The lowest BCUT2D eigenvalue weighted by Gasteiger charge is -2.18. The van der Waals surface area contributed by atoms with E-state index in [0.29, 0.717) is 32.4 Å². The molecular weight excluding hydrogens is 574 g/mol. The largest absolute Gasteiger partial charge is 0.459 e. The fourth-order valence-corrected chi connectivity index (χ4v) is 5.66. The molecule has 0 bridgehead atoms. The Labute approximate surface area is 282 Å². The molecule has 0 aliphatic rings. The van der Waals surface area contributed by atoms with Gasteiger partial charge >= 0.3 is 12.0 Å². The normalized spacial score (nSPS) is 11.6. The molecule has 0 aliphatic heterocycles. The van der Waals surface area contributed by atoms with Crippen molar-refractivity contribution >= 4 is 17.9 Å². The van der Waals surface area contributed by atoms with Crippen molar-refractivity contribution in [1.29, 1.82) is 0 Å². The number of rotatable bonds is 31. The minimum atomic E-state index is -0.723. The van der Waals surface area contributed by atoms with Gasteiger partial charge in [-0.15, -0.1) is 0 Å². The number of carbonyl (C=O) groups is 3. The molecule has 0 aromatic heterocycles. The van der Waals surface area contributed by atoms with Crippen LogP contribution in [0, 0.1) is 0 Å². The molecule has 264 valence electrons.